The number of carbonyl (C=O) groups excluding carboxylic acids is 1. The van der Waals surface area contributed by atoms with Crippen molar-refractivity contribution in [2.24, 2.45) is 5.18 Å². The van der Waals surface area contributed by atoms with E-state index in [-0.39, 0.29) is 0 Å². The molecule has 2 aromatic rings. The molecule has 0 N–H and O–H groups in total. The molecule has 0 spiro atoms. The Morgan fingerprint density at radius 1 is 0.880 bits per heavy atom. The first-order valence-corrected chi connectivity index (χ1v) is 8.98. The van der Waals surface area contributed by atoms with Crippen molar-refractivity contribution in [3.8, 4) is 0 Å². The van der Waals surface area contributed by atoms with E-state index in [9.17, 15) is 9.70 Å². The van der Waals surface area contributed by atoms with Crippen LogP contribution in [-0.2, 0) is 10.2 Å². The van der Waals surface area contributed by atoms with Gasteiger partial charge < -0.3 is 4.90 Å². The van der Waals surface area contributed by atoms with E-state index in [1.807, 2.05) is 60.7 Å². The van der Waals surface area contributed by atoms with Crippen LogP contribution in [0.15, 0.2) is 65.8 Å². The van der Waals surface area contributed by atoms with Crippen LogP contribution in [0.1, 0.15) is 36.8 Å². The third-order valence-electron chi connectivity index (χ3n) is 5.23. The highest BCUT2D eigenvalue weighted by Crippen LogP contribution is 2.37. The molecule has 4 heteroatoms. The van der Waals surface area contributed by atoms with Gasteiger partial charge in [0, 0.05) is 5.18 Å². The molecule has 1 aliphatic rings. The monoisotopic (exact) mass is 336 g/mol. The van der Waals surface area contributed by atoms with Gasteiger partial charge in [0.05, 0.1) is 0 Å². The second kappa shape index (κ2) is 8.17. The van der Waals surface area contributed by atoms with Crippen LogP contribution >= 0.6 is 0 Å². The van der Waals surface area contributed by atoms with Gasteiger partial charge >= 0.3 is 5.91 Å². The van der Waals surface area contributed by atoms with Gasteiger partial charge in [0.25, 0.3) is 0 Å². The van der Waals surface area contributed by atoms with Gasteiger partial charge in [0.15, 0.2) is 0 Å². The van der Waals surface area contributed by atoms with Gasteiger partial charge in [-0.3, -0.25) is 4.79 Å². The highest BCUT2D eigenvalue weighted by Gasteiger charge is 2.43. The molecule has 0 atom stereocenters. The smallest absolute Gasteiger partial charge is 0.301 e. The predicted octanol–water partition coefficient (Wildman–Crippen LogP) is 4.14. The Morgan fingerprint density at radius 2 is 1.40 bits per heavy atom. The van der Waals surface area contributed by atoms with Crippen molar-refractivity contribution in [3.05, 3.63) is 76.7 Å². The number of nitrogens with zero attached hydrogens (tertiary/aromatic N) is 2. The maximum atomic E-state index is 12.8. The first kappa shape index (κ1) is 17.5. The van der Waals surface area contributed by atoms with Crippen LogP contribution < -0.4 is 0 Å². The molecule has 4 nitrogen and oxygen atoms in total. The largest absolute Gasteiger partial charge is 0.303 e. The van der Waals surface area contributed by atoms with E-state index in [4.69, 9.17) is 0 Å². The zero-order valence-electron chi connectivity index (χ0n) is 14.4. The van der Waals surface area contributed by atoms with E-state index >= 15 is 0 Å². The molecule has 2 aromatic carbocycles. The summed E-state index contributed by atoms with van der Waals surface area (Å²) in [5.74, 6) is -0.609. The second-order valence-electron chi connectivity index (χ2n) is 6.69. The SMILES string of the molecule is O=NC(=O)C(CCN1CCCCC1)(c1ccccc1)c1ccccc1. The average molecular weight is 336 g/mol. The second-order valence-corrected chi connectivity index (χ2v) is 6.69. The van der Waals surface area contributed by atoms with Crippen molar-refractivity contribution in [1.82, 2.24) is 4.90 Å². The van der Waals surface area contributed by atoms with E-state index in [1.165, 1.54) is 19.3 Å². The molecule has 130 valence electrons. The van der Waals surface area contributed by atoms with Gasteiger partial charge in [-0.25, -0.2) is 0 Å². The molecule has 0 aromatic heterocycles. The van der Waals surface area contributed by atoms with Crippen LogP contribution in [-0.4, -0.2) is 30.4 Å². The number of likely N-dealkylation sites (tertiary alicyclic amines) is 1. The van der Waals surface area contributed by atoms with Crippen molar-refractivity contribution in [3.63, 3.8) is 0 Å². The van der Waals surface area contributed by atoms with E-state index in [0.717, 1.165) is 30.8 Å². The summed E-state index contributed by atoms with van der Waals surface area (Å²) in [6, 6.07) is 19.2. The third kappa shape index (κ3) is 3.69. The fourth-order valence-electron chi connectivity index (χ4n) is 3.84. The molecule has 1 fully saturated rings. The third-order valence-corrected chi connectivity index (χ3v) is 5.23. The standard InChI is InChI=1S/C21H24N2O2/c24-20(22-25)21(18-10-4-1-5-11-18,19-12-6-2-7-13-19)14-17-23-15-8-3-9-16-23/h1-2,4-7,10-13H,3,8-9,14-17H2. The summed E-state index contributed by atoms with van der Waals surface area (Å²) in [6.07, 6.45) is 4.23. The lowest BCUT2D eigenvalue weighted by Gasteiger charge is -2.34. The fourth-order valence-corrected chi connectivity index (χ4v) is 3.84. The summed E-state index contributed by atoms with van der Waals surface area (Å²) in [6.45, 7) is 2.90. The summed E-state index contributed by atoms with van der Waals surface area (Å²) in [5, 5.41) is 2.87. The molecule has 25 heavy (non-hydrogen) atoms. The van der Waals surface area contributed by atoms with Crippen molar-refractivity contribution in [2.45, 2.75) is 31.1 Å². The average Bonchev–Trinajstić information content (AvgIpc) is 2.70. The fraction of sp³-hybridized carbons (Fsp3) is 0.381. The van der Waals surface area contributed by atoms with E-state index < -0.39 is 11.3 Å². The van der Waals surface area contributed by atoms with Crippen molar-refractivity contribution < 1.29 is 4.79 Å². The Balaban J connectivity index is 2.01. The molecular weight excluding hydrogens is 312 g/mol. The normalized spacial score (nSPS) is 15.7. The topological polar surface area (TPSA) is 49.7 Å². The Bertz CT molecular complexity index is 655. The lowest BCUT2D eigenvalue weighted by molar-refractivity contribution is -0.122. The maximum Gasteiger partial charge on any atom is 0.301 e. The number of hydrogen-bond acceptors (Lipinski definition) is 3. The molecule has 1 heterocycles. The van der Waals surface area contributed by atoms with E-state index in [2.05, 4.69) is 10.1 Å². The van der Waals surface area contributed by atoms with Gasteiger partial charge in [-0.15, -0.1) is 4.91 Å². The number of carbonyl (C=O) groups is 1. The quantitative estimate of drug-likeness (QED) is 0.745. The highest BCUT2D eigenvalue weighted by atomic mass is 16.3. The van der Waals surface area contributed by atoms with E-state index in [1.54, 1.807) is 0 Å². The van der Waals surface area contributed by atoms with Crippen LogP contribution in [0.5, 0.6) is 0 Å². The zero-order chi connectivity index (χ0) is 17.5. The minimum Gasteiger partial charge on any atom is -0.303 e. The van der Waals surface area contributed by atoms with Gasteiger partial charge in [-0.2, -0.15) is 0 Å². The minimum absolute atomic E-state index is 0.561. The predicted molar refractivity (Wildman–Crippen MR) is 99.4 cm³/mol. The Labute approximate surface area is 148 Å². The molecule has 0 unspecified atom stereocenters. The molecule has 3 rings (SSSR count). The molecule has 0 aliphatic carbocycles. The molecule has 0 bridgehead atoms. The number of hydrogen-bond donors (Lipinski definition) is 0. The molecule has 0 radical (unpaired) electrons. The number of amides is 1. The first-order chi connectivity index (χ1) is 12.3. The number of nitroso groups, excluding NO2 is 1. The summed E-state index contributed by atoms with van der Waals surface area (Å²) in [7, 11) is 0. The van der Waals surface area contributed by atoms with Gasteiger partial charge in [0.1, 0.15) is 5.41 Å². The van der Waals surface area contributed by atoms with Crippen LogP contribution in [0.2, 0.25) is 0 Å². The van der Waals surface area contributed by atoms with Crippen LogP contribution in [0.25, 0.3) is 0 Å². The Morgan fingerprint density at radius 3 is 1.88 bits per heavy atom. The molecule has 1 saturated heterocycles. The zero-order valence-corrected chi connectivity index (χ0v) is 14.4. The van der Waals surface area contributed by atoms with Crippen molar-refractivity contribution in [1.29, 1.82) is 0 Å². The first-order valence-electron chi connectivity index (χ1n) is 8.98. The summed E-state index contributed by atoms with van der Waals surface area (Å²) < 4.78 is 0. The molecule has 1 aliphatic heterocycles. The van der Waals surface area contributed by atoms with Crippen molar-refractivity contribution >= 4 is 5.91 Å². The summed E-state index contributed by atoms with van der Waals surface area (Å²) in [4.78, 5) is 26.5. The van der Waals surface area contributed by atoms with Gasteiger partial charge in [0.2, 0.25) is 0 Å². The number of rotatable bonds is 6. The molecule has 0 saturated carbocycles. The number of piperidine rings is 1. The van der Waals surface area contributed by atoms with E-state index in [0.29, 0.717) is 6.42 Å². The lowest BCUT2D eigenvalue weighted by Crippen LogP contribution is -2.41. The summed E-state index contributed by atoms with van der Waals surface area (Å²) >= 11 is 0. The highest BCUT2D eigenvalue weighted by molar-refractivity contribution is 5.92. The maximum absolute atomic E-state index is 12.8. The van der Waals surface area contributed by atoms with Crippen LogP contribution in [0, 0.1) is 4.91 Å². The molecule has 1 amide bonds. The Kier molecular flexibility index (Phi) is 5.71. The van der Waals surface area contributed by atoms with Gasteiger partial charge in [-0.1, -0.05) is 67.1 Å². The molecular formula is C21H24N2O2. The Hall–Kier alpha value is -2.33. The number of benzene rings is 2. The van der Waals surface area contributed by atoms with Crippen LogP contribution in [0.3, 0.4) is 0 Å². The summed E-state index contributed by atoms with van der Waals surface area (Å²) in [5.41, 5.74) is 0.660. The van der Waals surface area contributed by atoms with Crippen LogP contribution in [0.4, 0.5) is 0 Å². The lowest BCUT2D eigenvalue weighted by atomic mass is 9.71. The minimum atomic E-state index is -1.01. The van der Waals surface area contributed by atoms with Gasteiger partial charge in [-0.05, 0) is 50.0 Å². The van der Waals surface area contributed by atoms with Crippen molar-refractivity contribution in [2.75, 3.05) is 19.6 Å².